The molecule has 1 aliphatic rings. The molecule has 0 saturated carbocycles. The van der Waals surface area contributed by atoms with Gasteiger partial charge in [-0.15, -0.1) is 0 Å². The minimum Gasteiger partial charge on any atom is -0.357 e. The Kier molecular flexibility index (Phi) is 4.73. The van der Waals surface area contributed by atoms with Crippen LogP contribution in [0, 0.1) is 0 Å². The molecule has 7 heteroatoms. The Morgan fingerprint density at radius 1 is 1.25 bits per heavy atom. The molecule has 0 spiro atoms. The number of H-pyrrole nitrogens is 1. The van der Waals surface area contributed by atoms with E-state index in [2.05, 4.69) is 9.71 Å². The Hall–Kier alpha value is -2.12. The van der Waals surface area contributed by atoms with Gasteiger partial charge in [-0.1, -0.05) is 30.3 Å². The fourth-order valence-electron chi connectivity index (χ4n) is 3.24. The lowest BCUT2D eigenvalue weighted by Crippen LogP contribution is -2.47. The maximum Gasteiger partial charge on any atom is 0.270 e. The predicted octanol–water partition coefficient (Wildman–Crippen LogP) is 1.39. The van der Waals surface area contributed by atoms with E-state index < -0.39 is 10.0 Å². The Morgan fingerprint density at radius 3 is 2.62 bits per heavy atom. The number of nitrogens with zero attached hydrogens (tertiary/aromatic N) is 1. The van der Waals surface area contributed by atoms with Gasteiger partial charge in [0.25, 0.3) is 5.91 Å². The molecule has 1 aromatic carbocycles. The number of carbonyl (C=O) groups is 1. The minimum atomic E-state index is -3.33. The molecule has 1 aliphatic heterocycles. The van der Waals surface area contributed by atoms with Crippen LogP contribution in [0.2, 0.25) is 0 Å². The zero-order chi connectivity index (χ0) is 17.2. The largest absolute Gasteiger partial charge is 0.357 e. The van der Waals surface area contributed by atoms with E-state index in [1.165, 1.54) is 0 Å². The van der Waals surface area contributed by atoms with Crippen LogP contribution >= 0.6 is 0 Å². The van der Waals surface area contributed by atoms with Crippen molar-refractivity contribution >= 4 is 15.9 Å². The summed E-state index contributed by atoms with van der Waals surface area (Å²) in [6.07, 6.45) is 4.08. The van der Waals surface area contributed by atoms with Crippen molar-refractivity contribution < 1.29 is 13.2 Å². The molecular weight excluding hydrogens is 326 g/mol. The first-order chi connectivity index (χ1) is 11.4. The number of rotatable bonds is 5. The number of nitrogens with one attached hydrogen (secondary N) is 2. The van der Waals surface area contributed by atoms with Crippen molar-refractivity contribution in [3.8, 4) is 0 Å². The summed E-state index contributed by atoms with van der Waals surface area (Å²) in [5.74, 6) is -0.0984. The molecule has 2 aromatic rings. The van der Waals surface area contributed by atoms with E-state index in [1.54, 1.807) is 23.2 Å². The van der Waals surface area contributed by atoms with Crippen LogP contribution < -0.4 is 4.72 Å². The third-order valence-electron chi connectivity index (χ3n) is 4.29. The van der Waals surface area contributed by atoms with Crippen LogP contribution in [0.25, 0.3) is 0 Å². The van der Waals surface area contributed by atoms with Gasteiger partial charge in [0, 0.05) is 18.8 Å². The lowest BCUT2D eigenvalue weighted by atomic mass is 10.0. The van der Waals surface area contributed by atoms with Crippen molar-refractivity contribution in [2.45, 2.75) is 24.9 Å². The molecule has 24 heavy (non-hydrogen) atoms. The molecule has 2 atom stereocenters. The molecular formula is C17H21N3O3S. The monoisotopic (exact) mass is 347 g/mol. The van der Waals surface area contributed by atoms with Gasteiger partial charge in [0.15, 0.2) is 0 Å². The van der Waals surface area contributed by atoms with E-state index in [0.29, 0.717) is 25.1 Å². The van der Waals surface area contributed by atoms with Crippen molar-refractivity contribution in [2.75, 3.05) is 12.8 Å². The molecule has 1 amide bonds. The highest BCUT2D eigenvalue weighted by molar-refractivity contribution is 7.88. The number of sulfonamides is 1. The van der Waals surface area contributed by atoms with Crippen LogP contribution in [0.4, 0.5) is 0 Å². The Balaban J connectivity index is 1.85. The fraction of sp³-hybridized carbons (Fsp3) is 0.353. The Bertz CT molecular complexity index is 788. The van der Waals surface area contributed by atoms with Crippen LogP contribution in [-0.4, -0.2) is 49.1 Å². The third-order valence-corrected chi connectivity index (χ3v) is 5.02. The molecule has 1 fully saturated rings. The van der Waals surface area contributed by atoms with Crippen LogP contribution in [0.1, 0.15) is 22.5 Å². The van der Waals surface area contributed by atoms with Crippen molar-refractivity contribution in [1.29, 1.82) is 0 Å². The molecule has 2 heterocycles. The number of amides is 1. The van der Waals surface area contributed by atoms with Crippen molar-refractivity contribution in [2.24, 2.45) is 0 Å². The highest BCUT2D eigenvalue weighted by atomic mass is 32.2. The summed E-state index contributed by atoms with van der Waals surface area (Å²) in [7, 11) is -3.33. The maximum absolute atomic E-state index is 12.7. The van der Waals surface area contributed by atoms with Crippen LogP contribution in [-0.2, 0) is 16.4 Å². The highest BCUT2D eigenvalue weighted by Gasteiger charge is 2.38. The second kappa shape index (κ2) is 6.78. The number of benzene rings is 1. The van der Waals surface area contributed by atoms with Gasteiger partial charge in [0.05, 0.1) is 12.3 Å². The minimum absolute atomic E-state index is 0.0984. The predicted molar refractivity (Wildman–Crippen MR) is 92.1 cm³/mol. The normalized spacial score (nSPS) is 21.1. The van der Waals surface area contributed by atoms with Crippen molar-refractivity contribution in [1.82, 2.24) is 14.6 Å². The smallest absolute Gasteiger partial charge is 0.270 e. The summed E-state index contributed by atoms with van der Waals surface area (Å²) < 4.78 is 26.0. The molecule has 128 valence electrons. The molecule has 3 rings (SSSR count). The van der Waals surface area contributed by atoms with Crippen molar-refractivity contribution in [3.63, 3.8) is 0 Å². The summed E-state index contributed by atoms with van der Waals surface area (Å²) in [5.41, 5.74) is 1.60. The average molecular weight is 347 g/mol. The second-order valence-corrected chi connectivity index (χ2v) is 7.90. The molecule has 0 unspecified atom stereocenters. The van der Waals surface area contributed by atoms with E-state index >= 15 is 0 Å². The van der Waals surface area contributed by atoms with Crippen LogP contribution in [0.15, 0.2) is 48.7 Å². The molecule has 0 radical (unpaired) electrons. The zero-order valence-electron chi connectivity index (χ0n) is 13.5. The number of hydrogen-bond acceptors (Lipinski definition) is 3. The second-order valence-electron chi connectivity index (χ2n) is 6.12. The van der Waals surface area contributed by atoms with Gasteiger partial charge in [-0.25, -0.2) is 13.1 Å². The van der Waals surface area contributed by atoms with Crippen molar-refractivity contribution in [3.05, 3.63) is 59.9 Å². The van der Waals surface area contributed by atoms with Gasteiger partial charge >= 0.3 is 0 Å². The van der Waals surface area contributed by atoms with E-state index in [9.17, 15) is 13.2 Å². The first-order valence-corrected chi connectivity index (χ1v) is 9.79. The standard InChI is InChI=1S/C17H21N3O3S/c1-24(22,23)19-14-9-11-20(17(21)15-8-5-10-18-15)16(14)12-13-6-3-2-4-7-13/h2-8,10,14,16,18-19H,9,11-12H2,1H3/t14-,16+/m1/s1. The number of hydrogen-bond donors (Lipinski definition) is 2. The number of aromatic nitrogens is 1. The van der Waals surface area contributed by atoms with Gasteiger partial charge in [-0.3, -0.25) is 4.79 Å². The molecule has 1 saturated heterocycles. The summed E-state index contributed by atoms with van der Waals surface area (Å²) in [4.78, 5) is 17.4. The van der Waals surface area contributed by atoms with Gasteiger partial charge in [-0.05, 0) is 30.5 Å². The van der Waals surface area contributed by atoms with Crippen LogP contribution in [0.5, 0.6) is 0 Å². The topological polar surface area (TPSA) is 82.3 Å². The lowest BCUT2D eigenvalue weighted by molar-refractivity contribution is 0.0723. The number of likely N-dealkylation sites (tertiary alicyclic amines) is 1. The maximum atomic E-state index is 12.7. The van der Waals surface area contributed by atoms with Crippen LogP contribution in [0.3, 0.4) is 0 Å². The number of carbonyl (C=O) groups excluding carboxylic acids is 1. The molecule has 0 aliphatic carbocycles. The third kappa shape index (κ3) is 3.85. The molecule has 0 bridgehead atoms. The van der Waals surface area contributed by atoms with E-state index in [-0.39, 0.29) is 18.0 Å². The Morgan fingerprint density at radius 2 is 2.00 bits per heavy atom. The molecule has 1 aromatic heterocycles. The molecule has 6 nitrogen and oxygen atoms in total. The van der Waals surface area contributed by atoms with Gasteiger partial charge in [0.1, 0.15) is 5.69 Å². The SMILES string of the molecule is CS(=O)(=O)N[C@@H]1CCN(C(=O)c2ccc[nH]2)[C@H]1Cc1ccccc1. The van der Waals surface area contributed by atoms with Gasteiger partial charge in [0.2, 0.25) is 10.0 Å². The average Bonchev–Trinajstić information content (AvgIpc) is 3.17. The lowest BCUT2D eigenvalue weighted by Gasteiger charge is -2.28. The number of aromatic amines is 1. The summed E-state index contributed by atoms with van der Waals surface area (Å²) in [6.45, 7) is 0.530. The van der Waals surface area contributed by atoms with Gasteiger partial charge < -0.3 is 9.88 Å². The summed E-state index contributed by atoms with van der Waals surface area (Å²) in [5, 5.41) is 0. The zero-order valence-corrected chi connectivity index (χ0v) is 14.3. The molecule has 2 N–H and O–H groups in total. The fourth-order valence-corrected chi connectivity index (χ4v) is 4.07. The van der Waals surface area contributed by atoms with E-state index in [4.69, 9.17) is 0 Å². The van der Waals surface area contributed by atoms with E-state index in [0.717, 1.165) is 11.8 Å². The first-order valence-electron chi connectivity index (χ1n) is 7.89. The van der Waals surface area contributed by atoms with E-state index in [1.807, 2.05) is 30.3 Å². The summed E-state index contributed by atoms with van der Waals surface area (Å²) >= 11 is 0. The quantitative estimate of drug-likeness (QED) is 0.857. The first kappa shape index (κ1) is 16.7. The summed E-state index contributed by atoms with van der Waals surface area (Å²) in [6, 6.07) is 12.8. The Labute approximate surface area is 141 Å². The van der Waals surface area contributed by atoms with Gasteiger partial charge in [-0.2, -0.15) is 0 Å². The highest BCUT2D eigenvalue weighted by Crippen LogP contribution is 2.24.